The predicted molar refractivity (Wildman–Crippen MR) is 103 cm³/mol. The molecule has 0 saturated carbocycles. The van der Waals surface area contributed by atoms with Crippen LogP contribution in [0.15, 0.2) is 36.7 Å². The molecule has 2 aliphatic heterocycles. The van der Waals surface area contributed by atoms with E-state index in [-0.39, 0.29) is 11.7 Å². The summed E-state index contributed by atoms with van der Waals surface area (Å²) in [5.41, 5.74) is 1.45. The van der Waals surface area contributed by atoms with Gasteiger partial charge >= 0.3 is 0 Å². The summed E-state index contributed by atoms with van der Waals surface area (Å²) in [5, 5.41) is 2.77. The summed E-state index contributed by atoms with van der Waals surface area (Å²) in [6, 6.07) is 6.82. The highest BCUT2D eigenvalue weighted by Crippen LogP contribution is 2.32. The third-order valence-corrected chi connectivity index (χ3v) is 5.05. The average molecular weight is 382 g/mol. The monoisotopic (exact) mass is 382 g/mol. The number of ether oxygens (including phenoxy) is 2. The van der Waals surface area contributed by atoms with Gasteiger partial charge in [-0.25, -0.2) is 9.97 Å². The van der Waals surface area contributed by atoms with E-state index in [1.165, 1.54) is 19.3 Å². The Morgan fingerprint density at radius 3 is 2.39 bits per heavy atom. The molecule has 0 bridgehead atoms. The van der Waals surface area contributed by atoms with Crippen molar-refractivity contribution in [3.8, 4) is 0 Å². The normalized spacial score (nSPS) is 18.2. The Bertz CT molecular complexity index is 868. The first-order chi connectivity index (χ1) is 13.5. The lowest BCUT2D eigenvalue weighted by atomic mass is 10.0. The van der Waals surface area contributed by atoms with Gasteiger partial charge < -0.3 is 19.7 Å². The summed E-state index contributed by atoms with van der Waals surface area (Å²) in [6.07, 6.45) is 4.56. The zero-order valence-electron chi connectivity index (χ0n) is 15.7. The van der Waals surface area contributed by atoms with Crippen molar-refractivity contribution in [2.24, 2.45) is 0 Å². The van der Waals surface area contributed by atoms with Crippen molar-refractivity contribution in [2.45, 2.75) is 25.6 Å². The number of hydrogen-bond acceptors (Lipinski definition) is 7. The number of nitrogens with one attached hydrogen (secondary N) is 1. The summed E-state index contributed by atoms with van der Waals surface area (Å²) in [6.45, 7) is 4.26. The molecule has 1 amide bonds. The van der Waals surface area contributed by atoms with E-state index in [1.807, 2.05) is 0 Å². The van der Waals surface area contributed by atoms with E-state index >= 15 is 0 Å². The molecule has 1 N–H and O–H groups in total. The smallest absolute Gasteiger partial charge is 0.258 e. The van der Waals surface area contributed by atoms with Crippen LogP contribution in [-0.2, 0) is 9.47 Å². The number of carbonyl (C=O) groups is 2. The standard InChI is InChI=1S/C20H22N4O4/c1-14(25)15-3-2-4-17(11-15)23-18(26)16-12-21-19(22-13-16)24-7-5-20(6-8-24)27-9-10-28-20/h2-4,11-13H,5-10H2,1H3,(H,23,26). The fourth-order valence-corrected chi connectivity index (χ4v) is 3.45. The predicted octanol–water partition coefficient (Wildman–Crippen LogP) is 2.27. The van der Waals surface area contributed by atoms with Crippen molar-refractivity contribution in [2.75, 3.05) is 36.5 Å². The molecule has 1 spiro atoms. The Morgan fingerprint density at radius 2 is 1.75 bits per heavy atom. The first kappa shape index (κ1) is 18.5. The maximum Gasteiger partial charge on any atom is 0.258 e. The molecule has 2 fully saturated rings. The molecular formula is C20H22N4O4. The van der Waals surface area contributed by atoms with Crippen LogP contribution >= 0.6 is 0 Å². The van der Waals surface area contributed by atoms with Crippen molar-refractivity contribution in [3.05, 3.63) is 47.8 Å². The highest BCUT2D eigenvalue weighted by molar-refractivity contribution is 6.04. The number of anilines is 2. The topological polar surface area (TPSA) is 93.7 Å². The van der Waals surface area contributed by atoms with Crippen LogP contribution in [-0.4, -0.2) is 53.7 Å². The van der Waals surface area contributed by atoms with Crippen LogP contribution in [0.2, 0.25) is 0 Å². The molecular weight excluding hydrogens is 360 g/mol. The maximum atomic E-state index is 12.4. The molecule has 0 unspecified atom stereocenters. The van der Waals surface area contributed by atoms with E-state index < -0.39 is 5.79 Å². The average Bonchev–Trinajstić information content (AvgIpc) is 3.17. The third-order valence-electron chi connectivity index (χ3n) is 5.05. The summed E-state index contributed by atoms with van der Waals surface area (Å²) in [7, 11) is 0. The quantitative estimate of drug-likeness (QED) is 0.811. The molecule has 28 heavy (non-hydrogen) atoms. The Morgan fingerprint density at radius 1 is 1.07 bits per heavy atom. The number of aromatic nitrogens is 2. The van der Waals surface area contributed by atoms with Gasteiger partial charge in [-0.1, -0.05) is 12.1 Å². The van der Waals surface area contributed by atoms with Gasteiger partial charge in [-0.3, -0.25) is 9.59 Å². The van der Waals surface area contributed by atoms with Crippen molar-refractivity contribution in [1.29, 1.82) is 0 Å². The number of benzene rings is 1. The Balaban J connectivity index is 1.38. The van der Waals surface area contributed by atoms with E-state index in [9.17, 15) is 9.59 Å². The van der Waals surface area contributed by atoms with Gasteiger partial charge in [0.15, 0.2) is 11.6 Å². The molecule has 3 heterocycles. The number of carbonyl (C=O) groups excluding carboxylic acids is 2. The van der Waals surface area contributed by atoms with Gasteiger partial charge in [0, 0.05) is 49.6 Å². The first-order valence-electron chi connectivity index (χ1n) is 9.32. The molecule has 146 valence electrons. The zero-order valence-corrected chi connectivity index (χ0v) is 15.7. The molecule has 2 aromatic rings. The van der Waals surface area contributed by atoms with E-state index in [0.29, 0.717) is 36.0 Å². The summed E-state index contributed by atoms with van der Waals surface area (Å²) in [5.74, 6) is -0.230. The minimum absolute atomic E-state index is 0.0551. The molecule has 0 aliphatic carbocycles. The van der Waals surface area contributed by atoms with Crippen LogP contribution in [0.25, 0.3) is 0 Å². The molecule has 1 aromatic heterocycles. The lowest BCUT2D eigenvalue weighted by Crippen LogP contribution is -2.45. The lowest BCUT2D eigenvalue weighted by molar-refractivity contribution is -0.169. The van der Waals surface area contributed by atoms with Crippen molar-refractivity contribution < 1.29 is 19.1 Å². The number of rotatable bonds is 4. The second-order valence-electron chi connectivity index (χ2n) is 6.96. The largest absolute Gasteiger partial charge is 0.347 e. The number of piperidine rings is 1. The summed E-state index contributed by atoms with van der Waals surface area (Å²) < 4.78 is 11.5. The van der Waals surface area contributed by atoms with E-state index in [1.54, 1.807) is 24.3 Å². The third kappa shape index (κ3) is 3.88. The van der Waals surface area contributed by atoms with Crippen LogP contribution < -0.4 is 10.2 Å². The fourth-order valence-electron chi connectivity index (χ4n) is 3.45. The number of Topliss-reactive ketones (excluding diaryl/α,β-unsaturated/α-hetero) is 1. The van der Waals surface area contributed by atoms with Crippen LogP contribution in [0, 0.1) is 0 Å². The lowest BCUT2D eigenvalue weighted by Gasteiger charge is -2.37. The van der Waals surface area contributed by atoms with Crippen LogP contribution in [0.3, 0.4) is 0 Å². The van der Waals surface area contributed by atoms with Gasteiger partial charge in [0.05, 0.1) is 18.8 Å². The van der Waals surface area contributed by atoms with Crippen LogP contribution in [0.4, 0.5) is 11.6 Å². The second-order valence-corrected chi connectivity index (χ2v) is 6.96. The van der Waals surface area contributed by atoms with Gasteiger partial charge in [0.1, 0.15) is 0 Å². The van der Waals surface area contributed by atoms with Gasteiger partial charge in [-0.05, 0) is 19.1 Å². The van der Waals surface area contributed by atoms with E-state index in [0.717, 1.165) is 25.9 Å². The minimum atomic E-state index is -0.440. The Kier molecular flexibility index (Phi) is 5.06. The molecule has 2 saturated heterocycles. The summed E-state index contributed by atoms with van der Waals surface area (Å²) in [4.78, 5) is 34.7. The maximum absolute atomic E-state index is 12.4. The molecule has 4 rings (SSSR count). The van der Waals surface area contributed by atoms with Gasteiger partial charge in [0.25, 0.3) is 5.91 Å². The summed E-state index contributed by atoms with van der Waals surface area (Å²) >= 11 is 0. The fraction of sp³-hybridized carbons (Fsp3) is 0.400. The van der Waals surface area contributed by atoms with Crippen molar-refractivity contribution >= 4 is 23.3 Å². The van der Waals surface area contributed by atoms with Crippen LogP contribution in [0.1, 0.15) is 40.5 Å². The highest BCUT2D eigenvalue weighted by Gasteiger charge is 2.40. The highest BCUT2D eigenvalue weighted by atomic mass is 16.7. The molecule has 0 radical (unpaired) electrons. The first-order valence-corrected chi connectivity index (χ1v) is 9.32. The molecule has 2 aliphatic rings. The number of amides is 1. The zero-order chi connectivity index (χ0) is 19.6. The van der Waals surface area contributed by atoms with Gasteiger partial charge in [-0.15, -0.1) is 0 Å². The Labute approximate surface area is 162 Å². The minimum Gasteiger partial charge on any atom is -0.347 e. The van der Waals surface area contributed by atoms with E-state index in [2.05, 4.69) is 20.2 Å². The van der Waals surface area contributed by atoms with Crippen molar-refractivity contribution in [3.63, 3.8) is 0 Å². The second kappa shape index (κ2) is 7.65. The van der Waals surface area contributed by atoms with Gasteiger partial charge in [0.2, 0.25) is 5.95 Å². The molecule has 8 nitrogen and oxygen atoms in total. The van der Waals surface area contributed by atoms with Crippen molar-refractivity contribution in [1.82, 2.24) is 9.97 Å². The van der Waals surface area contributed by atoms with Crippen LogP contribution in [0.5, 0.6) is 0 Å². The number of ketones is 1. The van der Waals surface area contributed by atoms with Gasteiger partial charge in [-0.2, -0.15) is 0 Å². The molecule has 0 atom stereocenters. The molecule has 1 aromatic carbocycles. The number of hydrogen-bond donors (Lipinski definition) is 1. The number of nitrogens with zero attached hydrogens (tertiary/aromatic N) is 3. The molecule has 8 heteroatoms. The SMILES string of the molecule is CC(=O)c1cccc(NC(=O)c2cnc(N3CCC4(CC3)OCCO4)nc2)c1. The van der Waals surface area contributed by atoms with E-state index in [4.69, 9.17) is 9.47 Å². The Hall–Kier alpha value is -2.84.